The molecule has 0 radical (unpaired) electrons. The van der Waals surface area contributed by atoms with Crippen molar-refractivity contribution in [1.82, 2.24) is 20.5 Å². The number of quaternary nitrogens is 1. The van der Waals surface area contributed by atoms with E-state index in [1.807, 2.05) is 6.92 Å². The summed E-state index contributed by atoms with van der Waals surface area (Å²) in [6.45, 7) is 6.79. The molecule has 8 N–H and O–H groups in total. The number of carbonyl (C=O) groups excluding carboxylic acids is 4. The number of Topliss-reactive ketones (excluding diaryl/α,β-unsaturated/α-hetero) is 1. The molecule has 1 aromatic carbocycles. The molecule has 5 aliphatic heterocycles. The first-order chi connectivity index (χ1) is 25.8. The quantitative estimate of drug-likeness (QED) is 0.0283. The average Bonchev–Trinajstić information content (AvgIpc) is 3.57. The lowest BCUT2D eigenvalue weighted by Crippen LogP contribution is -2.72. The zero-order chi connectivity index (χ0) is 40.2. The topological polar surface area (TPSA) is 271 Å². The van der Waals surface area contributed by atoms with Crippen molar-refractivity contribution in [3.05, 3.63) is 45.9 Å². The van der Waals surface area contributed by atoms with Gasteiger partial charge in [-0.15, -0.1) is 23.1 Å². The molecule has 1 aromatic heterocycles. The van der Waals surface area contributed by atoms with Crippen LogP contribution < -0.4 is 16.4 Å². The number of thioether (sulfide) groups is 1. The number of phenolic OH excluding ortho intramolecular Hbond substituents is 2. The van der Waals surface area contributed by atoms with E-state index in [0.29, 0.717) is 61.6 Å². The first kappa shape index (κ1) is 39.4. The number of hydrogen-bond donors (Lipinski definition) is 7. The summed E-state index contributed by atoms with van der Waals surface area (Å²) >= 11 is 2.32. The minimum Gasteiger partial charge on any atom is -0.504 e. The van der Waals surface area contributed by atoms with Gasteiger partial charge in [0.2, 0.25) is 11.4 Å². The average molecular weight is 805 g/mol. The summed E-state index contributed by atoms with van der Waals surface area (Å²) in [6, 6.07) is 0.355. The predicted molar refractivity (Wildman–Crippen MR) is 193 cm³/mol. The highest BCUT2D eigenvalue weighted by atomic mass is 32.2. The lowest BCUT2D eigenvalue weighted by atomic mass is 9.70. The second kappa shape index (κ2) is 14.4. The normalized spacial score (nSPS) is 26.2. The molecule has 3 atom stereocenters. The van der Waals surface area contributed by atoms with Gasteiger partial charge in [-0.3, -0.25) is 24.1 Å². The molecule has 3 amide bonds. The van der Waals surface area contributed by atoms with Gasteiger partial charge in [-0.05, 0) is 32.9 Å². The Kier molecular flexibility index (Phi) is 10.3. The molecule has 18 nitrogen and oxygen atoms in total. The lowest BCUT2D eigenvalue weighted by molar-refractivity contribution is -0.941. The highest BCUT2D eigenvalue weighted by molar-refractivity contribution is 8.00. The largest absolute Gasteiger partial charge is 0.504 e. The van der Waals surface area contributed by atoms with Gasteiger partial charge in [-0.2, -0.15) is 0 Å². The standard InChI is InChI=1S/C34H38FN7O11S2/c1-15-17(12-42-7-4-34(5-8-42,6-9-42)14-37-27(47)24(44)16-10-18(35)25(45)20(43)11-16)23(30(49)50)41-28(48)22(29(41)55-15)39-26(46)21(19-13-54-32(36)38-19)40-53-33(2,3)31(51)52/h10-11,13,15,22,29H,4-9,12,14H2,1-3H3,(H7-,36,37,38,39,40,43,44,45,46,47,49,50,51,52)/p+1/t15-,22+,29+,34?,42?/m0/s1. The second-order valence-corrected chi connectivity index (χ2v) is 17.0. The van der Waals surface area contributed by atoms with E-state index >= 15 is 0 Å². The summed E-state index contributed by atoms with van der Waals surface area (Å²) in [6.07, 6.45) is 1.98. The zero-order valence-electron chi connectivity index (χ0n) is 29.8. The van der Waals surface area contributed by atoms with E-state index in [-0.39, 0.29) is 33.7 Å². The van der Waals surface area contributed by atoms with Crippen LogP contribution in [0.1, 0.15) is 56.1 Å². The number of amides is 3. The van der Waals surface area contributed by atoms with E-state index in [1.54, 1.807) is 0 Å². The van der Waals surface area contributed by atoms with Crippen LogP contribution >= 0.6 is 23.1 Å². The first-order valence-electron chi connectivity index (χ1n) is 17.1. The maximum atomic E-state index is 13.8. The summed E-state index contributed by atoms with van der Waals surface area (Å²) in [4.78, 5) is 87.1. The molecule has 0 aliphatic carbocycles. The third kappa shape index (κ3) is 7.42. The van der Waals surface area contributed by atoms with Crippen molar-refractivity contribution in [2.45, 2.75) is 62.3 Å². The number of nitrogens with two attached hydrogens (primary N) is 1. The maximum absolute atomic E-state index is 13.8. The van der Waals surface area contributed by atoms with Gasteiger partial charge in [-0.1, -0.05) is 5.16 Å². The van der Waals surface area contributed by atoms with E-state index in [9.17, 15) is 53.6 Å². The molecule has 4 fully saturated rings. The third-order valence-electron chi connectivity index (χ3n) is 10.8. The monoisotopic (exact) mass is 804 g/mol. The molecule has 294 valence electrons. The molecular weight excluding hydrogens is 766 g/mol. The van der Waals surface area contributed by atoms with Crippen LogP contribution in [0, 0.1) is 11.2 Å². The second-order valence-electron chi connectivity index (χ2n) is 14.7. The number of carboxylic acids is 2. The van der Waals surface area contributed by atoms with Crippen molar-refractivity contribution >= 4 is 69.4 Å². The van der Waals surface area contributed by atoms with Gasteiger partial charge in [0.1, 0.15) is 29.4 Å². The van der Waals surface area contributed by atoms with Crippen molar-refractivity contribution < 1.29 is 62.9 Å². The molecule has 6 heterocycles. The van der Waals surface area contributed by atoms with E-state index < -0.39 is 81.1 Å². The van der Waals surface area contributed by atoms with Gasteiger partial charge in [0, 0.05) is 53.0 Å². The number of fused-ring (bicyclic) bond motifs is 4. The van der Waals surface area contributed by atoms with E-state index in [4.69, 9.17) is 10.6 Å². The fourth-order valence-electron chi connectivity index (χ4n) is 7.26. The van der Waals surface area contributed by atoms with Gasteiger partial charge in [0.25, 0.3) is 17.7 Å². The first-order valence-corrected chi connectivity index (χ1v) is 18.9. The lowest BCUT2D eigenvalue weighted by Gasteiger charge is -2.56. The number of benzene rings is 1. The van der Waals surface area contributed by atoms with Crippen LogP contribution in [0.25, 0.3) is 0 Å². The predicted octanol–water partition coefficient (Wildman–Crippen LogP) is 0.986. The van der Waals surface area contributed by atoms with Gasteiger partial charge in [0.05, 0.1) is 19.6 Å². The molecule has 7 rings (SSSR count). The van der Waals surface area contributed by atoms with Crippen molar-refractivity contribution in [3.8, 4) is 11.5 Å². The highest BCUT2D eigenvalue weighted by Crippen LogP contribution is 2.48. The number of rotatable bonds is 13. The molecule has 55 heavy (non-hydrogen) atoms. The van der Waals surface area contributed by atoms with Crippen molar-refractivity contribution in [2.75, 3.05) is 38.5 Å². The number of carbonyl (C=O) groups is 6. The Morgan fingerprint density at radius 3 is 2.35 bits per heavy atom. The van der Waals surface area contributed by atoms with Gasteiger partial charge >= 0.3 is 11.9 Å². The number of hydrogen-bond acceptors (Lipinski definition) is 14. The van der Waals surface area contributed by atoms with E-state index in [2.05, 4.69) is 20.8 Å². The van der Waals surface area contributed by atoms with Crippen LogP contribution in [0.4, 0.5) is 9.52 Å². The van der Waals surface area contributed by atoms with Gasteiger partial charge in [-0.25, -0.2) is 19.0 Å². The number of piperidine rings is 3. The Balaban J connectivity index is 1.12. The Morgan fingerprint density at radius 2 is 1.78 bits per heavy atom. The maximum Gasteiger partial charge on any atom is 0.352 e. The SMILES string of the molecule is C[C@@H]1S[C@@H]2[C@H](NC(=O)/C(=N\OC(C)(C)C(=O)O)c3csc(N)n3)C(=O)N2C(C(=O)O)=C1C[N+]12CCC(CNC(=O)C(=O)c3cc(O)c(O)c(F)c3)(CC1)CC2. The van der Waals surface area contributed by atoms with Crippen LogP contribution in [-0.4, -0.2) is 131 Å². The van der Waals surface area contributed by atoms with E-state index in [1.165, 1.54) is 35.9 Å². The minimum absolute atomic E-state index is 0.00770. The fraction of sp³-hybridized carbons (Fsp3) is 0.471. The fourth-order valence-corrected chi connectivity index (χ4v) is 9.25. The number of aromatic nitrogens is 1. The third-order valence-corrected chi connectivity index (χ3v) is 12.9. The van der Waals surface area contributed by atoms with Crippen molar-refractivity contribution in [1.29, 1.82) is 0 Å². The number of anilines is 1. The number of nitrogens with zero attached hydrogens (tertiary/aromatic N) is 4. The molecule has 0 unspecified atom stereocenters. The number of thiazole rings is 1. The molecule has 5 aliphatic rings. The minimum atomic E-state index is -1.81. The summed E-state index contributed by atoms with van der Waals surface area (Å²) < 4.78 is 14.4. The highest BCUT2D eigenvalue weighted by Gasteiger charge is 2.58. The number of β-lactam (4-membered cyclic amide) rings is 1. The number of nitrogen functional groups attached to an aromatic ring is 1. The van der Waals surface area contributed by atoms with Crippen molar-refractivity contribution in [3.63, 3.8) is 0 Å². The molecule has 4 saturated heterocycles. The van der Waals surface area contributed by atoms with Crippen LogP contribution in [0.15, 0.2) is 33.9 Å². The Bertz CT molecular complexity index is 2020. The van der Waals surface area contributed by atoms with Crippen LogP contribution in [0.5, 0.6) is 11.5 Å². The van der Waals surface area contributed by atoms with Gasteiger partial charge in [0.15, 0.2) is 28.2 Å². The Morgan fingerprint density at radius 1 is 1.13 bits per heavy atom. The van der Waals surface area contributed by atoms with Crippen LogP contribution in [0.3, 0.4) is 0 Å². The van der Waals surface area contributed by atoms with E-state index in [0.717, 1.165) is 17.4 Å². The number of nitrogens with one attached hydrogen (secondary N) is 2. The summed E-state index contributed by atoms with van der Waals surface area (Å²) in [5.41, 5.74) is 3.22. The zero-order valence-corrected chi connectivity index (χ0v) is 31.5. The number of aromatic hydroxyl groups is 2. The Labute approximate surface area is 320 Å². The van der Waals surface area contributed by atoms with Crippen LogP contribution in [-0.2, 0) is 28.8 Å². The number of carboxylic acid groups (broad SMARTS) is 2. The van der Waals surface area contributed by atoms with Gasteiger partial charge < -0.3 is 46.1 Å². The molecular formula is C34H39FN7O11S2+. The number of phenols is 2. The summed E-state index contributed by atoms with van der Waals surface area (Å²) in [5, 5.41) is 48.3. The molecule has 21 heteroatoms. The Hall–Kier alpha value is -5.28. The molecule has 0 saturated carbocycles. The number of ketones is 1. The van der Waals surface area contributed by atoms with Crippen LogP contribution in [0.2, 0.25) is 0 Å². The molecule has 2 bridgehead atoms. The summed E-state index contributed by atoms with van der Waals surface area (Å²) in [7, 11) is 0. The van der Waals surface area contributed by atoms with Crippen molar-refractivity contribution in [2.24, 2.45) is 10.6 Å². The number of oxime groups is 1. The number of halogens is 1. The number of aliphatic carboxylic acids is 2. The summed E-state index contributed by atoms with van der Waals surface area (Å²) in [5.74, 6) is -9.34. The smallest absolute Gasteiger partial charge is 0.352 e. The molecule has 2 aromatic rings. The molecule has 0 spiro atoms.